The maximum Gasteiger partial charge on any atom is 0.311 e. The van der Waals surface area contributed by atoms with E-state index >= 15 is 0 Å². The van der Waals surface area contributed by atoms with Crippen LogP contribution in [0.1, 0.15) is 22.3 Å². The van der Waals surface area contributed by atoms with E-state index in [1.807, 2.05) is 0 Å². The summed E-state index contributed by atoms with van der Waals surface area (Å²) in [4.78, 5) is 53.5. The van der Waals surface area contributed by atoms with E-state index in [1.165, 1.54) is 46.2 Å². The highest BCUT2D eigenvalue weighted by atomic mass is 35.5. The van der Waals surface area contributed by atoms with Gasteiger partial charge < -0.3 is 41.3 Å². The molecule has 10 rings (SSSR count). The number of anilines is 2. The average molecular weight is 945 g/mol. The van der Waals surface area contributed by atoms with Crippen LogP contribution >= 0.6 is 46.4 Å². The van der Waals surface area contributed by atoms with Gasteiger partial charge in [-0.1, -0.05) is 46.4 Å². The van der Waals surface area contributed by atoms with Crippen molar-refractivity contribution in [1.82, 2.24) is 20.4 Å². The molecule has 0 aromatic heterocycles. The van der Waals surface area contributed by atoms with E-state index in [0.717, 1.165) is 0 Å². The largest absolute Gasteiger partial charge is 0.507 e. The van der Waals surface area contributed by atoms with E-state index in [9.17, 15) is 40.0 Å². The molecule has 0 saturated carbocycles. The number of hydrogen-bond acceptors (Lipinski definition) is 12. The second-order valence-electron chi connectivity index (χ2n) is 15.0. The third-order valence-electron chi connectivity index (χ3n) is 11.7. The van der Waals surface area contributed by atoms with E-state index in [4.69, 9.17) is 57.2 Å². The molecule has 2 fully saturated rings. The molecule has 6 aliphatic heterocycles. The van der Waals surface area contributed by atoms with Gasteiger partial charge in [-0.25, -0.2) is 0 Å². The van der Waals surface area contributed by atoms with Crippen LogP contribution in [0.25, 0.3) is 11.5 Å². The van der Waals surface area contributed by atoms with Crippen molar-refractivity contribution in [3.05, 3.63) is 182 Å². The van der Waals surface area contributed by atoms with Crippen LogP contribution in [0, 0.1) is 31.0 Å². The summed E-state index contributed by atoms with van der Waals surface area (Å²) in [5, 5.41) is 77.9. The smallest absolute Gasteiger partial charge is 0.311 e. The zero-order valence-electron chi connectivity index (χ0n) is 32.6. The molecule has 2 saturated heterocycles. The Kier molecular flexibility index (Phi) is 10.1. The molecule has 22 heteroatoms. The van der Waals surface area contributed by atoms with Crippen molar-refractivity contribution in [1.29, 1.82) is 10.8 Å². The molecule has 2 spiro atoms. The van der Waals surface area contributed by atoms with Gasteiger partial charge in [0.1, 0.15) is 23.2 Å². The maximum atomic E-state index is 13.6. The van der Waals surface area contributed by atoms with Crippen LogP contribution in [0.4, 0.5) is 11.4 Å². The molecular weight excluding hydrogens is 914 g/mol. The van der Waals surface area contributed by atoms with Crippen LogP contribution in [-0.2, 0) is 20.4 Å². The lowest BCUT2D eigenvalue weighted by atomic mass is 9.68. The van der Waals surface area contributed by atoms with Gasteiger partial charge in [0, 0.05) is 79.9 Å². The van der Waals surface area contributed by atoms with Crippen LogP contribution in [0.5, 0.6) is 0 Å². The third kappa shape index (κ3) is 6.01. The molecule has 18 nitrogen and oxygen atoms in total. The lowest BCUT2D eigenvalue weighted by Crippen LogP contribution is -2.53. The molecule has 6 heterocycles. The minimum Gasteiger partial charge on any atom is -0.507 e. The topological polar surface area (TPSA) is 263 Å². The fourth-order valence-electron chi connectivity index (χ4n) is 9.12. The number of amidine groups is 2. The van der Waals surface area contributed by atoms with Crippen LogP contribution in [-0.4, -0.2) is 79.5 Å². The van der Waals surface area contributed by atoms with E-state index in [0.29, 0.717) is 34.5 Å². The number of halogens is 4. The lowest BCUT2D eigenvalue weighted by Gasteiger charge is -2.37. The van der Waals surface area contributed by atoms with Crippen molar-refractivity contribution < 1.29 is 29.6 Å². The van der Waals surface area contributed by atoms with Gasteiger partial charge in [0.2, 0.25) is 10.8 Å². The Labute approximate surface area is 381 Å². The number of hydrogen-bond donors (Lipinski definition) is 8. The molecule has 8 N–H and O–H groups in total. The summed E-state index contributed by atoms with van der Waals surface area (Å²) < 4.78 is 0. The Bertz CT molecular complexity index is 2770. The summed E-state index contributed by atoms with van der Waals surface area (Å²) in [5.74, 6) is -2.69. The summed E-state index contributed by atoms with van der Waals surface area (Å²) in [6.07, 6.45) is 0. The molecule has 0 radical (unpaired) electrons. The second kappa shape index (κ2) is 15.3. The van der Waals surface area contributed by atoms with Crippen LogP contribution in [0.15, 0.2) is 119 Å². The molecule has 4 aromatic rings. The number of carbonyl (C=O) groups is 2. The van der Waals surface area contributed by atoms with Gasteiger partial charge in [-0.15, -0.1) is 0 Å². The summed E-state index contributed by atoms with van der Waals surface area (Å²) in [5.41, 5.74) is -3.97. The number of carbonyl (C=O) groups excluding carboxylic acids is 2. The number of fused-ring (bicyclic) bond motifs is 6. The molecule has 2 amide bonds. The van der Waals surface area contributed by atoms with Crippen molar-refractivity contribution >= 4 is 92.8 Å². The van der Waals surface area contributed by atoms with E-state index < -0.39 is 55.4 Å². The number of benzene rings is 4. The SMILES string of the molecule is N=C1/C(=C(\O)c2ccc(Cl)cc2)[C@@]2(C(=O)Nc3ccc(Cl)cc32)C([N+](=O)[O-])=C2NCCN12.N=C1/C(=C(\O)c2ccc(Cl)cc2)[C@]2(C(=O)Nc3ccc(Cl)cc32)C([N+](=O)[O-])=C2NCCN12. The van der Waals surface area contributed by atoms with Crippen molar-refractivity contribution in [3.63, 3.8) is 0 Å². The minimum absolute atomic E-state index is 0.0515. The Balaban J connectivity index is 0.000000162. The monoisotopic (exact) mass is 942 g/mol. The number of nitrogens with zero attached hydrogens (tertiary/aromatic N) is 4. The molecular formula is C42H30Cl4N10O8. The Morgan fingerprint density at radius 3 is 1.28 bits per heavy atom. The normalized spacial score (nSPS) is 23.1. The molecule has 0 aliphatic carbocycles. The van der Waals surface area contributed by atoms with E-state index in [1.54, 1.807) is 48.5 Å². The van der Waals surface area contributed by atoms with Crippen molar-refractivity contribution in [3.8, 4) is 0 Å². The average Bonchev–Trinajstić information content (AvgIpc) is 4.05. The second-order valence-corrected chi connectivity index (χ2v) is 16.8. The molecule has 64 heavy (non-hydrogen) atoms. The van der Waals surface area contributed by atoms with Gasteiger partial charge >= 0.3 is 11.4 Å². The molecule has 0 bridgehead atoms. The zero-order chi connectivity index (χ0) is 45.6. The highest BCUT2D eigenvalue weighted by molar-refractivity contribution is 6.32. The number of rotatable bonds is 4. The first kappa shape index (κ1) is 42.2. The Morgan fingerprint density at radius 2 is 0.938 bits per heavy atom. The first-order valence-electron chi connectivity index (χ1n) is 19.1. The van der Waals surface area contributed by atoms with Crippen LogP contribution in [0.2, 0.25) is 20.1 Å². The zero-order valence-corrected chi connectivity index (χ0v) is 35.6. The van der Waals surface area contributed by atoms with Crippen LogP contribution in [0.3, 0.4) is 0 Å². The van der Waals surface area contributed by atoms with E-state index in [-0.39, 0.29) is 79.8 Å². The van der Waals surface area contributed by atoms with Crippen molar-refractivity contribution in [2.75, 3.05) is 36.8 Å². The fraction of sp³-hybridized carbons (Fsp3) is 0.143. The highest BCUT2D eigenvalue weighted by Crippen LogP contribution is 2.56. The number of amides is 2. The first-order valence-corrected chi connectivity index (χ1v) is 20.7. The van der Waals surface area contributed by atoms with Gasteiger partial charge in [-0.3, -0.25) is 40.6 Å². The first-order chi connectivity index (χ1) is 30.5. The Hall–Kier alpha value is -7.12. The Morgan fingerprint density at radius 1 is 0.594 bits per heavy atom. The summed E-state index contributed by atoms with van der Waals surface area (Å²) in [6.45, 7) is 1.21. The van der Waals surface area contributed by atoms with Crippen LogP contribution < -0.4 is 21.3 Å². The molecule has 324 valence electrons. The molecule has 2 atom stereocenters. The summed E-state index contributed by atoms with van der Waals surface area (Å²) in [7, 11) is 0. The quantitative estimate of drug-likeness (QED) is 0.0585. The number of nitrogens with one attached hydrogen (secondary N) is 6. The summed E-state index contributed by atoms with van der Waals surface area (Å²) >= 11 is 24.4. The van der Waals surface area contributed by atoms with Gasteiger partial charge in [-0.2, -0.15) is 0 Å². The number of aliphatic hydroxyl groups excluding tert-OH is 2. The van der Waals surface area contributed by atoms with Gasteiger partial charge in [0.15, 0.2) is 11.6 Å². The molecule has 6 aliphatic rings. The maximum absolute atomic E-state index is 13.6. The van der Waals surface area contributed by atoms with E-state index in [2.05, 4.69) is 21.3 Å². The van der Waals surface area contributed by atoms with Gasteiger partial charge in [0.05, 0.1) is 21.0 Å². The van der Waals surface area contributed by atoms with Crippen molar-refractivity contribution in [2.24, 2.45) is 0 Å². The predicted octanol–water partition coefficient (Wildman–Crippen LogP) is 6.99. The molecule has 0 unspecified atom stereocenters. The van der Waals surface area contributed by atoms with Gasteiger partial charge in [-0.05, 0) is 84.9 Å². The van der Waals surface area contributed by atoms with Crippen molar-refractivity contribution in [2.45, 2.75) is 10.8 Å². The standard InChI is InChI=1S/2C21H15Cl2N5O4/c2*22-11-3-1-10(2-4-11)16(29)15-18(24)27-8-7-25-19(27)17(28(31)32)21(15)13-9-12(23)5-6-14(13)26-20(21)30/h2*1-6,9,24-25,29H,7-8H2,(H,26,30)/b2*16-15+,24-18?/t2*21-/m10/s1. The fourth-order valence-corrected chi connectivity index (χ4v) is 9.72. The number of nitro groups is 2. The number of aliphatic hydroxyl groups is 2. The third-order valence-corrected chi connectivity index (χ3v) is 12.7. The predicted molar refractivity (Wildman–Crippen MR) is 238 cm³/mol. The highest BCUT2D eigenvalue weighted by Gasteiger charge is 2.68. The van der Waals surface area contributed by atoms with Gasteiger partial charge in [0.25, 0.3) is 11.8 Å². The lowest BCUT2D eigenvalue weighted by molar-refractivity contribution is -0.435. The molecule has 4 aromatic carbocycles. The summed E-state index contributed by atoms with van der Waals surface area (Å²) in [6, 6.07) is 21.3. The minimum atomic E-state index is -2.09.